The van der Waals surface area contributed by atoms with Crippen LogP contribution in [-0.2, 0) is 4.74 Å². The van der Waals surface area contributed by atoms with Crippen molar-refractivity contribution in [3.63, 3.8) is 0 Å². The van der Waals surface area contributed by atoms with E-state index in [0.717, 1.165) is 32.1 Å². The van der Waals surface area contributed by atoms with Gasteiger partial charge >= 0.3 is 0 Å². The summed E-state index contributed by atoms with van der Waals surface area (Å²) in [7, 11) is 0. The van der Waals surface area contributed by atoms with Crippen LogP contribution < -0.4 is 10.6 Å². The minimum atomic E-state index is 0.178. The van der Waals surface area contributed by atoms with E-state index < -0.39 is 0 Å². The average molecular weight is 312 g/mol. The Balaban J connectivity index is 2.70. The molecule has 0 aromatic heterocycles. The van der Waals surface area contributed by atoms with E-state index in [-0.39, 0.29) is 5.41 Å². The maximum absolute atomic E-state index is 6.06. The van der Waals surface area contributed by atoms with Crippen molar-refractivity contribution in [1.29, 1.82) is 0 Å². The van der Waals surface area contributed by atoms with Gasteiger partial charge < -0.3 is 15.4 Å². The third-order valence-corrected chi connectivity index (χ3v) is 4.49. The highest BCUT2D eigenvalue weighted by Crippen LogP contribution is 2.34. The molecule has 4 nitrogen and oxygen atoms in total. The quantitative estimate of drug-likeness (QED) is 0.604. The largest absolute Gasteiger partial charge is 0.377 e. The molecule has 0 aromatic rings. The molecule has 1 heterocycles. The van der Waals surface area contributed by atoms with Crippen molar-refractivity contribution < 1.29 is 4.74 Å². The number of hydrogen-bond donors (Lipinski definition) is 2. The first-order valence-corrected chi connectivity index (χ1v) is 8.92. The van der Waals surface area contributed by atoms with Gasteiger partial charge in [-0.25, -0.2) is 0 Å². The van der Waals surface area contributed by atoms with Gasteiger partial charge in [-0.2, -0.15) is 0 Å². The summed E-state index contributed by atoms with van der Waals surface area (Å²) in [5.74, 6) is 2.03. The summed E-state index contributed by atoms with van der Waals surface area (Å²) in [4.78, 5) is 4.84. The number of nitrogens with one attached hydrogen (secondary N) is 2. The van der Waals surface area contributed by atoms with Crippen molar-refractivity contribution >= 4 is 5.96 Å². The maximum Gasteiger partial charge on any atom is 0.191 e. The van der Waals surface area contributed by atoms with E-state index in [2.05, 4.69) is 59.1 Å². The molecule has 2 N–H and O–H groups in total. The predicted molar refractivity (Wildman–Crippen MR) is 95.3 cm³/mol. The molecule has 22 heavy (non-hydrogen) atoms. The van der Waals surface area contributed by atoms with Crippen LogP contribution in [0.2, 0.25) is 0 Å². The summed E-state index contributed by atoms with van der Waals surface area (Å²) < 4.78 is 6.06. The van der Waals surface area contributed by atoms with Crippen molar-refractivity contribution in [1.82, 2.24) is 10.6 Å². The van der Waals surface area contributed by atoms with Crippen LogP contribution in [0, 0.1) is 17.3 Å². The fourth-order valence-corrected chi connectivity index (χ4v) is 2.90. The van der Waals surface area contributed by atoms with Crippen LogP contribution in [0.4, 0.5) is 0 Å². The SMILES string of the molecule is CCNC(=NCC1CCCOC1C(C)(C)C)NC(C)C(C)C. The van der Waals surface area contributed by atoms with E-state index in [4.69, 9.17) is 9.73 Å². The summed E-state index contributed by atoms with van der Waals surface area (Å²) in [6.45, 7) is 18.2. The molecule has 0 bridgehead atoms. The Morgan fingerprint density at radius 2 is 1.95 bits per heavy atom. The van der Waals surface area contributed by atoms with Gasteiger partial charge in [-0.1, -0.05) is 34.6 Å². The summed E-state index contributed by atoms with van der Waals surface area (Å²) in [6, 6.07) is 0.416. The third kappa shape index (κ3) is 6.15. The van der Waals surface area contributed by atoms with Gasteiger partial charge in [0.15, 0.2) is 5.96 Å². The second kappa shape index (κ2) is 8.76. The molecule has 3 atom stereocenters. The molecule has 4 heteroatoms. The zero-order chi connectivity index (χ0) is 16.8. The summed E-state index contributed by atoms with van der Waals surface area (Å²) in [6.07, 6.45) is 2.67. The van der Waals surface area contributed by atoms with Gasteiger partial charge in [0.2, 0.25) is 0 Å². The average Bonchev–Trinajstić information content (AvgIpc) is 2.44. The highest BCUT2D eigenvalue weighted by molar-refractivity contribution is 5.80. The molecule has 0 aromatic carbocycles. The fraction of sp³-hybridized carbons (Fsp3) is 0.944. The normalized spacial score (nSPS) is 25.2. The van der Waals surface area contributed by atoms with E-state index >= 15 is 0 Å². The number of rotatable bonds is 5. The molecule has 130 valence electrons. The van der Waals surface area contributed by atoms with Gasteiger partial charge in [-0.05, 0) is 38.0 Å². The molecule has 1 aliphatic rings. The Labute approximate surface area is 137 Å². The molecule has 0 aliphatic carbocycles. The lowest BCUT2D eigenvalue weighted by Gasteiger charge is -2.39. The van der Waals surface area contributed by atoms with Crippen molar-refractivity contribution in [2.24, 2.45) is 22.2 Å². The lowest BCUT2D eigenvalue weighted by molar-refractivity contribution is -0.0823. The van der Waals surface area contributed by atoms with Crippen LogP contribution in [0.5, 0.6) is 0 Å². The van der Waals surface area contributed by atoms with Gasteiger partial charge in [0.1, 0.15) is 0 Å². The molecule has 0 spiro atoms. The second-order valence-electron chi connectivity index (χ2n) is 7.96. The van der Waals surface area contributed by atoms with Crippen LogP contribution in [0.1, 0.15) is 61.3 Å². The molecule has 1 aliphatic heterocycles. The third-order valence-electron chi connectivity index (χ3n) is 4.49. The van der Waals surface area contributed by atoms with E-state index in [0.29, 0.717) is 24.0 Å². The zero-order valence-electron chi connectivity index (χ0n) is 15.7. The van der Waals surface area contributed by atoms with Crippen molar-refractivity contribution in [3.8, 4) is 0 Å². The van der Waals surface area contributed by atoms with Gasteiger partial charge in [0.05, 0.1) is 6.10 Å². The Morgan fingerprint density at radius 1 is 1.27 bits per heavy atom. The van der Waals surface area contributed by atoms with Crippen LogP contribution in [0.3, 0.4) is 0 Å². The fourth-order valence-electron chi connectivity index (χ4n) is 2.90. The van der Waals surface area contributed by atoms with Crippen molar-refractivity contribution in [3.05, 3.63) is 0 Å². The lowest BCUT2D eigenvalue weighted by atomic mass is 9.78. The highest BCUT2D eigenvalue weighted by Gasteiger charge is 2.35. The van der Waals surface area contributed by atoms with E-state index in [9.17, 15) is 0 Å². The van der Waals surface area contributed by atoms with Gasteiger partial charge in [0.25, 0.3) is 0 Å². The molecule has 0 saturated carbocycles. The smallest absolute Gasteiger partial charge is 0.191 e. The molecule has 0 amide bonds. The standard InChI is InChI=1S/C18H37N3O/c1-8-19-17(21-14(4)13(2)3)20-12-15-10-9-11-22-16(15)18(5,6)7/h13-16H,8-12H2,1-7H3,(H2,19,20,21). The molecule has 0 radical (unpaired) electrons. The number of ether oxygens (including phenoxy) is 1. The van der Waals surface area contributed by atoms with Crippen LogP contribution in [0.25, 0.3) is 0 Å². The maximum atomic E-state index is 6.06. The second-order valence-corrected chi connectivity index (χ2v) is 7.96. The predicted octanol–water partition coefficient (Wildman–Crippen LogP) is 3.43. The first-order chi connectivity index (χ1) is 10.3. The minimum absolute atomic E-state index is 0.178. The summed E-state index contributed by atoms with van der Waals surface area (Å²) >= 11 is 0. The van der Waals surface area contributed by atoms with E-state index in [1.54, 1.807) is 0 Å². The van der Waals surface area contributed by atoms with Crippen molar-refractivity contribution in [2.45, 2.75) is 73.5 Å². The number of nitrogens with zero attached hydrogens (tertiary/aromatic N) is 1. The van der Waals surface area contributed by atoms with E-state index in [1.165, 1.54) is 6.42 Å². The van der Waals surface area contributed by atoms with Crippen LogP contribution in [0.15, 0.2) is 4.99 Å². The molecule has 1 fully saturated rings. The van der Waals surface area contributed by atoms with Crippen LogP contribution >= 0.6 is 0 Å². The van der Waals surface area contributed by atoms with Gasteiger partial charge in [-0.3, -0.25) is 4.99 Å². The van der Waals surface area contributed by atoms with Crippen molar-refractivity contribution in [2.75, 3.05) is 19.7 Å². The number of hydrogen-bond acceptors (Lipinski definition) is 2. The zero-order valence-corrected chi connectivity index (χ0v) is 15.7. The highest BCUT2D eigenvalue weighted by atomic mass is 16.5. The van der Waals surface area contributed by atoms with Gasteiger partial charge in [-0.15, -0.1) is 0 Å². The van der Waals surface area contributed by atoms with Crippen LogP contribution in [-0.4, -0.2) is 37.8 Å². The minimum Gasteiger partial charge on any atom is -0.377 e. The summed E-state index contributed by atoms with van der Waals surface area (Å²) in [5.41, 5.74) is 0.178. The number of aliphatic imine (C=N–C) groups is 1. The lowest BCUT2D eigenvalue weighted by Crippen LogP contribution is -2.45. The molecule has 3 unspecified atom stereocenters. The Kier molecular flexibility index (Phi) is 7.67. The first kappa shape index (κ1) is 19.3. The topological polar surface area (TPSA) is 45.7 Å². The molecular formula is C18H37N3O. The Hall–Kier alpha value is -0.770. The number of guanidine groups is 1. The molecular weight excluding hydrogens is 274 g/mol. The summed E-state index contributed by atoms with van der Waals surface area (Å²) in [5, 5.41) is 6.87. The Morgan fingerprint density at radius 3 is 2.50 bits per heavy atom. The molecule has 1 rings (SSSR count). The molecule has 1 saturated heterocycles. The van der Waals surface area contributed by atoms with Gasteiger partial charge in [0, 0.05) is 31.7 Å². The Bertz CT molecular complexity index is 347. The van der Waals surface area contributed by atoms with E-state index in [1.807, 2.05) is 0 Å². The monoisotopic (exact) mass is 311 g/mol. The first-order valence-electron chi connectivity index (χ1n) is 8.92.